The number of hydrogen-bond donors (Lipinski definition) is 2. The van der Waals surface area contributed by atoms with Gasteiger partial charge in [-0.1, -0.05) is 30.3 Å². The number of carbonyl (C=O) groups excluding carboxylic acids is 3. The maximum Gasteiger partial charge on any atom is 0.335 e. The van der Waals surface area contributed by atoms with E-state index in [0.717, 1.165) is 19.3 Å². The zero-order valence-corrected chi connectivity index (χ0v) is 20.7. The van der Waals surface area contributed by atoms with Crippen LogP contribution in [-0.4, -0.2) is 63.4 Å². The van der Waals surface area contributed by atoms with E-state index in [1.54, 1.807) is 10.6 Å². The van der Waals surface area contributed by atoms with Crippen molar-refractivity contribution in [3.8, 4) is 0 Å². The lowest BCUT2D eigenvalue weighted by molar-refractivity contribution is -0.138. The number of rotatable bonds is 10. The van der Waals surface area contributed by atoms with Gasteiger partial charge < -0.3 is 19.9 Å². The first-order valence-electron chi connectivity index (χ1n) is 12.4. The first-order chi connectivity index (χ1) is 17.7. The normalized spacial score (nSPS) is 17.2. The summed E-state index contributed by atoms with van der Waals surface area (Å²) in [5.41, 5.74) is 2.06. The molecule has 0 saturated carbocycles. The fraction of sp³-hybridized carbons (Fsp3) is 0.357. The highest BCUT2D eigenvalue weighted by atomic mass is 19.1. The number of hydrogen-bond acceptors (Lipinski definition) is 4. The van der Waals surface area contributed by atoms with Gasteiger partial charge in [0.05, 0.1) is 12.1 Å². The van der Waals surface area contributed by atoms with Gasteiger partial charge in [0.25, 0.3) is 0 Å². The molecule has 0 unspecified atom stereocenters. The van der Waals surface area contributed by atoms with E-state index in [1.165, 1.54) is 35.7 Å². The monoisotopic (exact) mass is 507 g/mol. The Balaban J connectivity index is 1.40. The number of fused-ring (bicyclic) bond motifs is 1. The number of carboxylic acid groups (broad SMARTS) is 1. The highest BCUT2D eigenvalue weighted by Crippen LogP contribution is 2.26. The molecule has 37 heavy (non-hydrogen) atoms. The van der Waals surface area contributed by atoms with Crippen molar-refractivity contribution in [2.75, 3.05) is 13.1 Å². The van der Waals surface area contributed by atoms with Gasteiger partial charge in [0.15, 0.2) is 5.78 Å². The Morgan fingerprint density at radius 2 is 1.84 bits per heavy atom. The number of alkyl halides is 1. The Kier molecular flexibility index (Phi) is 8.01. The lowest BCUT2D eigenvalue weighted by Gasteiger charge is -2.24. The summed E-state index contributed by atoms with van der Waals surface area (Å²) in [4.78, 5) is 50.8. The second-order valence-corrected chi connectivity index (χ2v) is 9.39. The van der Waals surface area contributed by atoms with Crippen molar-refractivity contribution in [3.63, 3.8) is 0 Å². The van der Waals surface area contributed by atoms with Crippen molar-refractivity contribution in [2.24, 2.45) is 0 Å². The predicted molar refractivity (Wildman–Crippen MR) is 136 cm³/mol. The van der Waals surface area contributed by atoms with Gasteiger partial charge in [-0.05, 0) is 49.9 Å². The molecule has 4 rings (SSSR count). The van der Waals surface area contributed by atoms with E-state index in [2.05, 4.69) is 17.4 Å². The molecule has 1 aromatic heterocycles. The van der Waals surface area contributed by atoms with Crippen LogP contribution in [0, 0.1) is 0 Å². The third-order valence-electron chi connectivity index (χ3n) is 6.72. The van der Waals surface area contributed by atoms with E-state index in [0.29, 0.717) is 23.0 Å². The molecule has 2 heterocycles. The lowest BCUT2D eigenvalue weighted by atomic mass is 10.1. The minimum atomic E-state index is -1.30. The quantitative estimate of drug-likeness (QED) is 0.322. The molecule has 0 aliphatic carbocycles. The molecule has 0 spiro atoms. The maximum absolute atomic E-state index is 14.3. The summed E-state index contributed by atoms with van der Waals surface area (Å²) in [6.07, 6.45) is 2.70. The van der Waals surface area contributed by atoms with Gasteiger partial charge in [-0.25, -0.2) is 9.18 Å². The van der Waals surface area contributed by atoms with Gasteiger partial charge >= 0.3 is 5.97 Å². The van der Waals surface area contributed by atoms with E-state index in [1.807, 2.05) is 18.2 Å². The molecular formula is C28H30FN3O5. The summed E-state index contributed by atoms with van der Waals surface area (Å²) < 4.78 is 15.9. The summed E-state index contributed by atoms with van der Waals surface area (Å²) in [5.74, 6) is -2.21. The van der Waals surface area contributed by atoms with E-state index in [-0.39, 0.29) is 36.8 Å². The Morgan fingerprint density at radius 1 is 1.08 bits per heavy atom. The van der Waals surface area contributed by atoms with Gasteiger partial charge in [0, 0.05) is 35.6 Å². The average molecular weight is 508 g/mol. The number of benzene rings is 2. The fourth-order valence-corrected chi connectivity index (χ4v) is 4.82. The summed E-state index contributed by atoms with van der Waals surface area (Å²) in [7, 11) is 0. The number of nitrogens with zero attached hydrogens (tertiary/aromatic N) is 2. The summed E-state index contributed by atoms with van der Waals surface area (Å²) in [5, 5.41) is 12.6. The van der Waals surface area contributed by atoms with Gasteiger partial charge in [-0.2, -0.15) is 0 Å². The number of aromatic carboxylic acids is 1. The third kappa shape index (κ3) is 6.04. The zero-order chi connectivity index (χ0) is 26.5. The van der Waals surface area contributed by atoms with Crippen LogP contribution in [0.1, 0.15) is 52.5 Å². The number of carbonyl (C=O) groups is 4. The molecule has 3 aromatic rings. The van der Waals surface area contributed by atoms with Crippen LogP contribution < -0.4 is 5.32 Å². The van der Waals surface area contributed by atoms with Gasteiger partial charge in [0.1, 0.15) is 18.8 Å². The fourth-order valence-electron chi connectivity index (χ4n) is 4.82. The molecule has 8 nitrogen and oxygen atoms in total. The third-order valence-corrected chi connectivity index (χ3v) is 6.72. The summed E-state index contributed by atoms with van der Waals surface area (Å²) in [6, 6.07) is 13.5. The first kappa shape index (κ1) is 26.1. The molecule has 1 saturated heterocycles. The summed E-state index contributed by atoms with van der Waals surface area (Å²) in [6.45, 7) is 1.43. The van der Waals surface area contributed by atoms with Crippen LogP contribution in [0.4, 0.5) is 4.39 Å². The van der Waals surface area contributed by atoms with Crippen molar-refractivity contribution in [3.05, 3.63) is 71.4 Å². The Morgan fingerprint density at radius 3 is 2.54 bits per heavy atom. The molecule has 2 amide bonds. The molecule has 1 aliphatic rings. The Bertz CT molecular complexity index is 1320. The smallest absolute Gasteiger partial charge is 0.335 e. The molecule has 1 fully saturated rings. The van der Waals surface area contributed by atoms with E-state index in [9.17, 15) is 28.7 Å². The van der Waals surface area contributed by atoms with Crippen molar-refractivity contribution in [1.82, 2.24) is 14.8 Å². The van der Waals surface area contributed by atoms with Crippen molar-refractivity contribution < 1.29 is 28.7 Å². The van der Waals surface area contributed by atoms with Crippen LogP contribution in [0.3, 0.4) is 0 Å². The van der Waals surface area contributed by atoms with Crippen molar-refractivity contribution in [1.29, 1.82) is 0 Å². The number of unbranched alkanes of at least 4 members (excludes halogenated alkanes) is 1. The Labute approximate surface area is 214 Å². The molecule has 1 aliphatic heterocycles. The molecule has 2 atom stereocenters. The number of carboxylic acids is 1. The zero-order valence-electron chi connectivity index (χ0n) is 20.7. The summed E-state index contributed by atoms with van der Waals surface area (Å²) >= 11 is 0. The predicted octanol–water partition coefficient (Wildman–Crippen LogP) is 3.62. The van der Waals surface area contributed by atoms with Gasteiger partial charge in [-0.3, -0.25) is 14.4 Å². The first-order valence-corrected chi connectivity index (χ1v) is 12.4. The number of aryl methyl sites for hydroxylation is 1. The van der Waals surface area contributed by atoms with Crippen LogP contribution in [0.2, 0.25) is 0 Å². The molecular weight excluding hydrogens is 477 g/mol. The minimum Gasteiger partial charge on any atom is -0.478 e. The highest BCUT2D eigenvalue weighted by molar-refractivity contribution is 6.08. The van der Waals surface area contributed by atoms with Crippen molar-refractivity contribution >= 4 is 34.5 Å². The number of halogens is 1. The number of amides is 2. The topological polar surface area (TPSA) is 109 Å². The number of Topliss-reactive ketones (excluding diaryl/α,β-unsaturated/α-hetero) is 1. The van der Waals surface area contributed by atoms with Crippen LogP contribution in [-0.2, 0) is 22.6 Å². The van der Waals surface area contributed by atoms with Crippen LogP contribution >= 0.6 is 0 Å². The second kappa shape index (κ2) is 11.4. The number of aromatic nitrogens is 1. The standard InChI is InChI=1S/C28H30FN3O5/c1-18(33)23-16-31(24-11-10-20(28(36)37)13-22(23)24)17-26(34)32-15-21(29)14-25(32)27(35)30-12-6-5-9-19-7-3-2-4-8-19/h2-4,7-8,10-11,13,16,21,25H,5-6,9,12,14-15,17H2,1H3,(H,30,35)(H,36,37)/t21-,25+/m1/s1. The maximum atomic E-state index is 14.3. The largest absolute Gasteiger partial charge is 0.478 e. The average Bonchev–Trinajstić information content (AvgIpc) is 3.45. The van der Waals surface area contributed by atoms with Crippen LogP contribution in [0.15, 0.2) is 54.7 Å². The SMILES string of the molecule is CC(=O)c1cn(CC(=O)N2C[C@H](F)C[C@H]2C(=O)NCCCCc2ccccc2)c2ccc(C(=O)O)cc12. The lowest BCUT2D eigenvalue weighted by Crippen LogP contribution is -2.47. The molecule has 9 heteroatoms. The van der Waals surface area contributed by atoms with E-state index < -0.39 is 24.1 Å². The number of nitrogens with one attached hydrogen (secondary N) is 1. The van der Waals surface area contributed by atoms with Gasteiger partial charge in [-0.15, -0.1) is 0 Å². The molecule has 0 bridgehead atoms. The molecule has 2 aromatic carbocycles. The minimum absolute atomic E-state index is 0.0272. The number of ketones is 1. The van der Waals surface area contributed by atoms with Crippen LogP contribution in [0.5, 0.6) is 0 Å². The van der Waals surface area contributed by atoms with Crippen molar-refractivity contribution in [2.45, 2.75) is 51.4 Å². The Hall–Kier alpha value is -4.01. The molecule has 194 valence electrons. The van der Waals surface area contributed by atoms with E-state index in [4.69, 9.17) is 0 Å². The molecule has 0 radical (unpaired) electrons. The highest BCUT2D eigenvalue weighted by Gasteiger charge is 2.39. The number of likely N-dealkylation sites (tertiary alicyclic amines) is 1. The van der Waals surface area contributed by atoms with E-state index >= 15 is 0 Å². The molecule has 2 N–H and O–H groups in total. The van der Waals surface area contributed by atoms with Crippen LogP contribution in [0.25, 0.3) is 10.9 Å². The van der Waals surface area contributed by atoms with Gasteiger partial charge in [0.2, 0.25) is 11.8 Å². The second-order valence-electron chi connectivity index (χ2n) is 9.39.